The van der Waals surface area contributed by atoms with Gasteiger partial charge in [-0.05, 0) is 69.2 Å². The Morgan fingerprint density at radius 3 is 2.08 bits per heavy atom. The lowest BCUT2D eigenvalue weighted by atomic mass is 10.1. The van der Waals surface area contributed by atoms with E-state index in [0.29, 0.717) is 10.2 Å². The van der Waals surface area contributed by atoms with E-state index in [4.69, 9.17) is 4.43 Å². The second-order valence-corrected chi connectivity index (χ2v) is 19.4. The molecule has 1 fully saturated rings. The molecule has 0 N–H and O–H groups in total. The van der Waals surface area contributed by atoms with Gasteiger partial charge in [0.15, 0.2) is 8.32 Å². The molecule has 0 aromatic heterocycles. The van der Waals surface area contributed by atoms with Crippen LogP contribution in [0.25, 0.3) is 0 Å². The maximum Gasteiger partial charge on any atom is 0.184 e. The van der Waals surface area contributed by atoms with Crippen LogP contribution >= 0.6 is 58.8 Å². The molecule has 0 saturated carbocycles. The second-order valence-electron chi connectivity index (χ2n) is 7.62. The first kappa shape index (κ1) is 25.0. The van der Waals surface area contributed by atoms with E-state index in [9.17, 15) is 0 Å². The Labute approximate surface area is 179 Å². The summed E-state index contributed by atoms with van der Waals surface area (Å²) in [5.41, 5.74) is 0. The Bertz CT molecular complexity index is 357. The van der Waals surface area contributed by atoms with Gasteiger partial charge < -0.3 is 4.43 Å². The number of hydrogen-bond donors (Lipinski definition) is 0. The molecule has 0 aliphatic carbocycles. The van der Waals surface area contributed by atoms with Crippen molar-refractivity contribution in [2.24, 2.45) is 0 Å². The van der Waals surface area contributed by atoms with Gasteiger partial charge in [0, 0.05) is 6.42 Å². The smallest absolute Gasteiger partial charge is 0.184 e. The van der Waals surface area contributed by atoms with E-state index in [-0.39, 0.29) is 3.41 Å². The molecule has 1 unspecified atom stereocenters. The summed E-state index contributed by atoms with van der Waals surface area (Å²) in [6, 6.07) is 0. The number of rotatable bonds is 12. The molecule has 1 aliphatic rings. The molecular formula is C18H38OS5Si. The average molecular weight is 459 g/mol. The molecule has 1 nitrogen and oxygen atoms in total. The summed E-state index contributed by atoms with van der Waals surface area (Å²) in [5.74, 6) is 2.66. The molecule has 1 aliphatic heterocycles. The summed E-state index contributed by atoms with van der Waals surface area (Å²) in [7, 11) is -1.55. The Morgan fingerprint density at radius 1 is 1.08 bits per heavy atom. The Morgan fingerprint density at radius 2 is 1.64 bits per heavy atom. The molecule has 0 amide bonds. The lowest BCUT2D eigenvalue weighted by molar-refractivity contribution is 0.171. The Balaban J connectivity index is 2.96. The maximum absolute atomic E-state index is 6.78. The van der Waals surface area contributed by atoms with Gasteiger partial charge in [0.05, 0.1) is 10.2 Å². The summed E-state index contributed by atoms with van der Waals surface area (Å²) in [6.07, 6.45) is 14.9. The van der Waals surface area contributed by atoms with Crippen LogP contribution in [0.1, 0.15) is 45.4 Å². The van der Waals surface area contributed by atoms with Crippen molar-refractivity contribution in [1.29, 1.82) is 0 Å². The van der Waals surface area contributed by atoms with Crippen molar-refractivity contribution >= 4 is 67.1 Å². The van der Waals surface area contributed by atoms with Crippen molar-refractivity contribution < 1.29 is 4.43 Å². The third-order valence-electron chi connectivity index (χ3n) is 4.40. The fraction of sp³-hybridized carbons (Fsp3) is 1.00. The number of hydrogen-bond acceptors (Lipinski definition) is 6. The van der Waals surface area contributed by atoms with E-state index in [2.05, 4.69) is 68.9 Å². The average Bonchev–Trinajstić information content (AvgIpc) is 2.57. The van der Waals surface area contributed by atoms with Crippen LogP contribution in [0.4, 0.5) is 0 Å². The van der Waals surface area contributed by atoms with E-state index < -0.39 is 8.32 Å². The molecule has 0 radical (unpaired) electrons. The zero-order valence-corrected chi connectivity index (χ0v) is 22.3. The van der Waals surface area contributed by atoms with Crippen LogP contribution in [0.3, 0.4) is 0 Å². The molecule has 1 heterocycles. The van der Waals surface area contributed by atoms with Crippen LogP contribution in [-0.4, -0.2) is 52.2 Å². The van der Waals surface area contributed by atoms with Crippen molar-refractivity contribution in [2.45, 2.75) is 78.7 Å². The fourth-order valence-electron chi connectivity index (χ4n) is 3.21. The minimum Gasteiger partial charge on any atom is -0.415 e. The zero-order chi connectivity index (χ0) is 19.0. The molecule has 0 aromatic carbocycles. The molecule has 150 valence electrons. The first-order valence-electron chi connectivity index (χ1n) is 9.35. The number of thioether (sulfide) groups is 5. The minimum atomic E-state index is -1.55. The predicted molar refractivity (Wildman–Crippen MR) is 133 cm³/mol. The summed E-state index contributed by atoms with van der Waals surface area (Å²) in [5, 5.41) is 0. The molecular weight excluding hydrogens is 421 g/mol. The van der Waals surface area contributed by atoms with Crippen molar-refractivity contribution in [1.82, 2.24) is 0 Å². The highest BCUT2D eigenvalue weighted by Gasteiger charge is 2.40. The molecule has 25 heavy (non-hydrogen) atoms. The van der Waals surface area contributed by atoms with Crippen molar-refractivity contribution in [3.63, 3.8) is 0 Å². The Kier molecular flexibility index (Phi) is 11.8. The number of unbranched alkanes of at least 4 members (excludes halogenated alkanes) is 1. The van der Waals surface area contributed by atoms with Gasteiger partial charge in [-0.3, -0.25) is 0 Å². The Hall–Kier alpha value is 1.93. The van der Waals surface area contributed by atoms with E-state index in [1.807, 2.05) is 35.3 Å². The topological polar surface area (TPSA) is 9.23 Å². The van der Waals surface area contributed by atoms with E-state index in [1.54, 1.807) is 0 Å². The lowest BCUT2D eigenvalue weighted by Crippen LogP contribution is -2.40. The van der Waals surface area contributed by atoms with Gasteiger partial charge in [-0.15, -0.1) is 58.8 Å². The predicted octanol–water partition coefficient (Wildman–Crippen LogP) is 7.49. The first-order valence-corrected chi connectivity index (χ1v) is 18.4. The van der Waals surface area contributed by atoms with E-state index in [1.165, 1.54) is 43.6 Å². The summed E-state index contributed by atoms with van der Waals surface area (Å²) < 4.78 is 7.39. The van der Waals surface area contributed by atoms with Crippen LogP contribution < -0.4 is 0 Å². The third kappa shape index (κ3) is 8.86. The molecule has 1 atom stereocenters. The van der Waals surface area contributed by atoms with Crippen LogP contribution in [-0.2, 0) is 4.43 Å². The molecule has 7 heteroatoms. The fourth-order valence-corrected chi connectivity index (χ4v) is 11.0. The van der Waals surface area contributed by atoms with E-state index >= 15 is 0 Å². The van der Waals surface area contributed by atoms with Gasteiger partial charge in [0.1, 0.15) is 3.41 Å². The molecule has 0 bridgehead atoms. The van der Waals surface area contributed by atoms with Crippen LogP contribution in [0.15, 0.2) is 0 Å². The molecule has 1 saturated heterocycles. The van der Waals surface area contributed by atoms with Crippen LogP contribution in [0, 0.1) is 0 Å². The minimum absolute atomic E-state index is 0.222. The van der Waals surface area contributed by atoms with Crippen molar-refractivity contribution in [3.8, 4) is 0 Å². The normalized spacial score (nSPS) is 19.8. The maximum atomic E-state index is 6.78. The van der Waals surface area contributed by atoms with Gasteiger partial charge in [-0.1, -0.05) is 19.8 Å². The first-order chi connectivity index (χ1) is 11.7. The standard InChI is InChI=1S/C18H38OS5Si/c1-8-9-11-17(23-12-10-13-24-17)14-16(19-25(5,6)7)15-18(20-2,21-3)22-4/h16H,8-15H2,1-7H3. The summed E-state index contributed by atoms with van der Waals surface area (Å²) >= 11 is 10.5. The second kappa shape index (κ2) is 11.8. The molecule has 0 aromatic rings. The van der Waals surface area contributed by atoms with E-state index in [0.717, 1.165) is 6.42 Å². The largest absolute Gasteiger partial charge is 0.415 e. The zero-order valence-electron chi connectivity index (χ0n) is 17.2. The third-order valence-corrected chi connectivity index (χ3v) is 14.3. The molecule has 0 spiro atoms. The van der Waals surface area contributed by atoms with Gasteiger partial charge >= 0.3 is 0 Å². The molecule has 1 rings (SSSR count). The van der Waals surface area contributed by atoms with Crippen LogP contribution in [0.2, 0.25) is 19.6 Å². The lowest BCUT2D eigenvalue weighted by Gasteiger charge is -2.42. The SMILES string of the molecule is CCCCC1(CC(CC(SC)(SC)SC)O[Si](C)(C)C)SCCCS1. The summed E-state index contributed by atoms with van der Waals surface area (Å²) in [6.45, 7) is 9.36. The van der Waals surface area contributed by atoms with Crippen LogP contribution in [0.5, 0.6) is 0 Å². The quantitative estimate of drug-likeness (QED) is 0.220. The van der Waals surface area contributed by atoms with Crippen molar-refractivity contribution in [2.75, 3.05) is 30.3 Å². The van der Waals surface area contributed by atoms with Gasteiger partial charge in [0.25, 0.3) is 0 Å². The highest BCUT2D eigenvalue weighted by Crippen LogP contribution is 2.53. The highest BCUT2D eigenvalue weighted by molar-refractivity contribution is 8.33. The van der Waals surface area contributed by atoms with Gasteiger partial charge in [-0.2, -0.15) is 0 Å². The van der Waals surface area contributed by atoms with Gasteiger partial charge in [0.2, 0.25) is 0 Å². The van der Waals surface area contributed by atoms with Gasteiger partial charge in [-0.25, -0.2) is 0 Å². The monoisotopic (exact) mass is 458 g/mol. The highest BCUT2D eigenvalue weighted by atomic mass is 32.3. The van der Waals surface area contributed by atoms with Crippen molar-refractivity contribution in [3.05, 3.63) is 0 Å². The summed E-state index contributed by atoms with van der Waals surface area (Å²) in [4.78, 5) is 0.